The molecule has 1 N–H and O–H groups in total. The van der Waals surface area contributed by atoms with Crippen molar-refractivity contribution in [1.82, 2.24) is 4.90 Å². The summed E-state index contributed by atoms with van der Waals surface area (Å²) < 4.78 is 23.2. The molecule has 1 atom stereocenters. The molecule has 1 aliphatic heterocycles. The fourth-order valence-electron chi connectivity index (χ4n) is 3.04. The van der Waals surface area contributed by atoms with Crippen LogP contribution in [0.5, 0.6) is 0 Å². The Labute approximate surface area is 143 Å². The second-order valence-electron chi connectivity index (χ2n) is 5.97. The van der Waals surface area contributed by atoms with Crippen LogP contribution in [0, 0.1) is 0 Å². The second kappa shape index (κ2) is 7.79. The van der Waals surface area contributed by atoms with E-state index in [1.165, 1.54) is 4.90 Å². The summed E-state index contributed by atoms with van der Waals surface area (Å²) in [6, 6.07) is 7.15. The molecular weight excluding hydrogens is 328 g/mol. The van der Waals surface area contributed by atoms with Crippen LogP contribution in [-0.2, 0) is 25.8 Å². The molecule has 1 aromatic carbocycles. The zero-order valence-electron chi connectivity index (χ0n) is 14.1. The van der Waals surface area contributed by atoms with Crippen LogP contribution in [0.3, 0.4) is 0 Å². The third-order valence-corrected chi connectivity index (χ3v) is 6.04. The summed E-state index contributed by atoms with van der Waals surface area (Å²) in [6.07, 6.45) is 0.954. The molecule has 2 rings (SSSR count). The zero-order valence-corrected chi connectivity index (χ0v) is 14.9. The van der Waals surface area contributed by atoms with E-state index in [0.717, 1.165) is 12.0 Å². The van der Waals surface area contributed by atoms with E-state index in [0.29, 0.717) is 18.7 Å². The molecule has 1 saturated heterocycles. The minimum Gasteiger partial charge on any atom is -0.338 e. The van der Waals surface area contributed by atoms with Gasteiger partial charge in [-0.15, -0.1) is 0 Å². The number of para-hydroxylation sites is 1. The van der Waals surface area contributed by atoms with Gasteiger partial charge in [0.15, 0.2) is 9.84 Å². The van der Waals surface area contributed by atoms with Gasteiger partial charge in [-0.3, -0.25) is 9.59 Å². The van der Waals surface area contributed by atoms with Gasteiger partial charge in [0.25, 0.3) is 0 Å². The van der Waals surface area contributed by atoms with Crippen molar-refractivity contribution in [2.24, 2.45) is 0 Å². The Morgan fingerprint density at radius 2 is 1.96 bits per heavy atom. The highest BCUT2D eigenvalue weighted by molar-refractivity contribution is 7.91. The van der Waals surface area contributed by atoms with Crippen molar-refractivity contribution < 1.29 is 18.0 Å². The fraction of sp³-hybridized carbons (Fsp3) is 0.529. The Balaban J connectivity index is 1.98. The summed E-state index contributed by atoms with van der Waals surface area (Å²) in [5.41, 5.74) is 1.72. The summed E-state index contributed by atoms with van der Waals surface area (Å²) in [5, 5.41) is 2.77. The monoisotopic (exact) mass is 352 g/mol. The minimum atomic E-state index is -3.06. The maximum Gasteiger partial charge on any atom is 0.233 e. The fourth-order valence-corrected chi connectivity index (χ4v) is 4.77. The van der Waals surface area contributed by atoms with Crippen molar-refractivity contribution in [2.45, 2.75) is 39.2 Å². The molecule has 1 unspecified atom stereocenters. The van der Waals surface area contributed by atoms with Gasteiger partial charge in [-0.05, 0) is 31.4 Å². The maximum atomic E-state index is 12.4. The molecule has 1 fully saturated rings. The predicted molar refractivity (Wildman–Crippen MR) is 93.5 cm³/mol. The maximum absolute atomic E-state index is 12.4. The first-order valence-electron chi connectivity index (χ1n) is 8.24. The van der Waals surface area contributed by atoms with Crippen LogP contribution in [0.15, 0.2) is 24.3 Å². The number of amides is 2. The first-order chi connectivity index (χ1) is 11.4. The zero-order chi connectivity index (χ0) is 17.7. The van der Waals surface area contributed by atoms with E-state index >= 15 is 0 Å². The van der Waals surface area contributed by atoms with Crippen LogP contribution in [0.25, 0.3) is 0 Å². The van der Waals surface area contributed by atoms with E-state index in [9.17, 15) is 18.0 Å². The lowest BCUT2D eigenvalue weighted by Crippen LogP contribution is -2.42. The number of carbonyl (C=O) groups is 2. The molecular formula is C17H24N2O4S. The van der Waals surface area contributed by atoms with Gasteiger partial charge in [0, 0.05) is 18.3 Å². The number of carbonyl (C=O) groups excluding carboxylic acids is 2. The number of rotatable bonds is 6. The van der Waals surface area contributed by atoms with Crippen molar-refractivity contribution in [3.8, 4) is 0 Å². The Kier molecular flexibility index (Phi) is 5.99. The standard InChI is InChI=1S/C17H24N2O4S/c1-3-13-7-5-6-8-15(13)18-16(20)11-17(21)19(4-2)14-9-10-24(22,23)12-14/h5-8,14H,3-4,9-12H2,1-2H3,(H,18,20). The molecule has 0 aromatic heterocycles. The number of hydrogen-bond donors (Lipinski definition) is 1. The summed E-state index contributed by atoms with van der Waals surface area (Å²) in [6.45, 7) is 4.19. The van der Waals surface area contributed by atoms with Crippen molar-refractivity contribution in [3.05, 3.63) is 29.8 Å². The molecule has 0 spiro atoms. The lowest BCUT2D eigenvalue weighted by molar-refractivity contribution is -0.135. The number of nitrogens with zero attached hydrogens (tertiary/aromatic N) is 1. The van der Waals surface area contributed by atoms with Gasteiger partial charge in [0.1, 0.15) is 6.42 Å². The van der Waals surface area contributed by atoms with Crippen LogP contribution >= 0.6 is 0 Å². The molecule has 1 aliphatic rings. The Morgan fingerprint density at radius 3 is 2.54 bits per heavy atom. The lowest BCUT2D eigenvalue weighted by Gasteiger charge is -2.26. The van der Waals surface area contributed by atoms with E-state index in [2.05, 4.69) is 5.32 Å². The third-order valence-electron chi connectivity index (χ3n) is 4.29. The van der Waals surface area contributed by atoms with Gasteiger partial charge in [-0.1, -0.05) is 25.1 Å². The SMILES string of the molecule is CCc1ccccc1NC(=O)CC(=O)N(CC)C1CCS(=O)(=O)C1. The summed E-state index contributed by atoms with van der Waals surface area (Å²) >= 11 is 0. The van der Waals surface area contributed by atoms with Crippen molar-refractivity contribution in [1.29, 1.82) is 0 Å². The van der Waals surface area contributed by atoms with E-state index < -0.39 is 9.84 Å². The molecule has 7 heteroatoms. The Morgan fingerprint density at radius 1 is 1.25 bits per heavy atom. The number of nitrogens with one attached hydrogen (secondary N) is 1. The molecule has 0 saturated carbocycles. The summed E-state index contributed by atoms with van der Waals surface area (Å²) in [5.74, 6) is -0.601. The average Bonchev–Trinajstić information content (AvgIpc) is 2.88. The van der Waals surface area contributed by atoms with Crippen LogP contribution in [0.1, 0.15) is 32.3 Å². The van der Waals surface area contributed by atoms with Crippen molar-refractivity contribution >= 4 is 27.3 Å². The number of benzene rings is 1. The number of hydrogen-bond acceptors (Lipinski definition) is 4. The predicted octanol–water partition coefficient (Wildman–Crippen LogP) is 1.61. The minimum absolute atomic E-state index is 0.00708. The molecule has 132 valence electrons. The number of sulfone groups is 1. The molecule has 0 aliphatic carbocycles. The summed E-state index contributed by atoms with van der Waals surface area (Å²) in [4.78, 5) is 26.1. The molecule has 0 radical (unpaired) electrons. The highest BCUT2D eigenvalue weighted by Crippen LogP contribution is 2.19. The lowest BCUT2D eigenvalue weighted by atomic mass is 10.1. The highest BCUT2D eigenvalue weighted by atomic mass is 32.2. The van der Waals surface area contributed by atoms with E-state index in [-0.39, 0.29) is 35.8 Å². The topological polar surface area (TPSA) is 83.6 Å². The molecule has 2 amide bonds. The van der Waals surface area contributed by atoms with Crippen molar-refractivity contribution in [3.63, 3.8) is 0 Å². The third kappa shape index (κ3) is 4.56. The molecule has 1 heterocycles. The molecule has 1 aromatic rings. The average molecular weight is 352 g/mol. The Hall–Kier alpha value is -1.89. The molecule has 0 bridgehead atoms. The van der Waals surface area contributed by atoms with Gasteiger partial charge in [-0.2, -0.15) is 0 Å². The Bertz CT molecular complexity index is 715. The summed E-state index contributed by atoms with van der Waals surface area (Å²) in [7, 11) is -3.06. The van der Waals surface area contributed by atoms with Gasteiger partial charge >= 0.3 is 0 Å². The second-order valence-corrected chi connectivity index (χ2v) is 8.20. The van der Waals surface area contributed by atoms with Gasteiger partial charge in [0.05, 0.1) is 11.5 Å². The van der Waals surface area contributed by atoms with E-state index in [4.69, 9.17) is 0 Å². The normalized spacial score (nSPS) is 19.0. The first-order valence-corrected chi connectivity index (χ1v) is 10.1. The van der Waals surface area contributed by atoms with Gasteiger partial charge in [0.2, 0.25) is 11.8 Å². The van der Waals surface area contributed by atoms with Gasteiger partial charge < -0.3 is 10.2 Å². The molecule has 6 nitrogen and oxygen atoms in total. The van der Waals surface area contributed by atoms with E-state index in [1.54, 1.807) is 6.92 Å². The van der Waals surface area contributed by atoms with Crippen molar-refractivity contribution in [2.75, 3.05) is 23.4 Å². The van der Waals surface area contributed by atoms with Crippen LogP contribution in [-0.4, -0.2) is 49.2 Å². The van der Waals surface area contributed by atoms with Crippen LogP contribution < -0.4 is 5.32 Å². The first kappa shape index (κ1) is 18.4. The number of aryl methyl sites for hydroxylation is 1. The number of anilines is 1. The molecule has 24 heavy (non-hydrogen) atoms. The quantitative estimate of drug-likeness (QED) is 0.789. The van der Waals surface area contributed by atoms with Crippen LogP contribution in [0.2, 0.25) is 0 Å². The van der Waals surface area contributed by atoms with E-state index in [1.807, 2.05) is 31.2 Å². The van der Waals surface area contributed by atoms with Crippen LogP contribution in [0.4, 0.5) is 5.69 Å². The van der Waals surface area contributed by atoms with Gasteiger partial charge in [-0.25, -0.2) is 8.42 Å². The highest BCUT2D eigenvalue weighted by Gasteiger charge is 2.34. The largest absolute Gasteiger partial charge is 0.338 e. The smallest absolute Gasteiger partial charge is 0.233 e.